The highest BCUT2D eigenvalue weighted by atomic mass is 16.5. The van der Waals surface area contributed by atoms with Crippen molar-refractivity contribution >= 4 is 5.97 Å². The maximum atomic E-state index is 10.8. The molecule has 0 amide bonds. The summed E-state index contributed by atoms with van der Waals surface area (Å²) in [6, 6.07) is 7.98. The molecule has 1 aromatic carbocycles. The Hall–Kier alpha value is -1.51. The molecule has 2 aliphatic rings. The summed E-state index contributed by atoms with van der Waals surface area (Å²) in [5, 5.41) is 8.90. The zero-order valence-corrected chi connectivity index (χ0v) is 10.3. The van der Waals surface area contributed by atoms with Gasteiger partial charge < -0.3 is 9.84 Å². The van der Waals surface area contributed by atoms with E-state index < -0.39 is 5.97 Å². The number of carbonyl (C=O) groups is 1. The molecule has 1 N–H and O–H groups in total. The Labute approximate surface area is 107 Å². The predicted molar refractivity (Wildman–Crippen MR) is 67.8 cm³/mol. The smallest absolute Gasteiger partial charge is 0.307 e. The van der Waals surface area contributed by atoms with Gasteiger partial charge in [0.15, 0.2) is 0 Å². The summed E-state index contributed by atoms with van der Waals surface area (Å²) < 4.78 is 5.89. The number of rotatable bonds is 4. The summed E-state index contributed by atoms with van der Waals surface area (Å²) in [5.41, 5.74) is 1.13. The van der Waals surface area contributed by atoms with Crippen molar-refractivity contribution in [1.29, 1.82) is 0 Å². The Morgan fingerprint density at radius 3 is 2.39 bits per heavy atom. The molecule has 2 atom stereocenters. The van der Waals surface area contributed by atoms with Crippen molar-refractivity contribution in [3.8, 4) is 5.75 Å². The lowest BCUT2D eigenvalue weighted by Crippen LogP contribution is -2.10. The molecule has 2 aliphatic carbocycles. The zero-order valence-electron chi connectivity index (χ0n) is 10.3. The van der Waals surface area contributed by atoms with Crippen molar-refractivity contribution in [3.05, 3.63) is 29.8 Å². The lowest BCUT2D eigenvalue weighted by molar-refractivity contribution is -0.138. The van der Waals surface area contributed by atoms with Gasteiger partial charge in [-0.3, -0.25) is 4.79 Å². The van der Waals surface area contributed by atoms with E-state index in [-0.39, 0.29) is 11.8 Å². The summed E-state index contributed by atoms with van der Waals surface area (Å²) in [6.07, 6.45) is 6.01. The topological polar surface area (TPSA) is 46.5 Å². The molecule has 0 radical (unpaired) electrons. The monoisotopic (exact) mass is 246 g/mol. The molecule has 0 aliphatic heterocycles. The first-order valence-electron chi connectivity index (χ1n) is 6.73. The van der Waals surface area contributed by atoms with Crippen LogP contribution < -0.4 is 4.74 Å². The van der Waals surface area contributed by atoms with Gasteiger partial charge in [-0.2, -0.15) is 0 Å². The maximum absolute atomic E-state index is 10.8. The third-order valence-corrected chi connectivity index (χ3v) is 4.02. The van der Waals surface area contributed by atoms with Crippen molar-refractivity contribution < 1.29 is 14.6 Å². The highest BCUT2D eigenvalue weighted by Gasteiger charge is 2.44. The van der Waals surface area contributed by atoms with Crippen LogP contribution in [0.15, 0.2) is 24.3 Å². The molecule has 0 heterocycles. The van der Waals surface area contributed by atoms with Crippen molar-refractivity contribution in [3.63, 3.8) is 0 Å². The van der Waals surface area contributed by atoms with Gasteiger partial charge in [0.2, 0.25) is 0 Å². The number of hydrogen-bond acceptors (Lipinski definition) is 2. The van der Waals surface area contributed by atoms with Crippen LogP contribution in [0.3, 0.4) is 0 Å². The van der Waals surface area contributed by atoms with Gasteiger partial charge in [-0.05, 0) is 55.7 Å². The fourth-order valence-electron chi connectivity index (χ4n) is 2.83. The number of hydrogen-bond donors (Lipinski definition) is 1. The molecule has 2 unspecified atom stereocenters. The van der Waals surface area contributed by atoms with E-state index in [1.165, 1.54) is 12.8 Å². The number of carboxylic acid groups (broad SMARTS) is 1. The minimum atomic E-state index is -0.675. The van der Waals surface area contributed by atoms with Gasteiger partial charge >= 0.3 is 5.97 Å². The van der Waals surface area contributed by atoms with E-state index >= 15 is 0 Å². The fourth-order valence-corrected chi connectivity index (χ4v) is 2.83. The molecular formula is C15H18O3. The molecule has 1 aromatic rings. The quantitative estimate of drug-likeness (QED) is 0.887. The summed E-state index contributed by atoms with van der Waals surface area (Å²) in [6.45, 7) is 0. The lowest BCUT2D eigenvalue weighted by atomic mass is 10.1. The van der Waals surface area contributed by atoms with E-state index in [1.807, 2.05) is 24.3 Å². The molecule has 0 spiro atoms. The number of carboxylic acids is 1. The average Bonchev–Trinajstić information content (AvgIpc) is 3.02. The van der Waals surface area contributed by atoms with Crippen molar-refractivity contribution in [2.45, 2.75) is 44.1 Å². The molecule has 0 bridgehead atoms. The first-order valence-corrected chi connectivity index (χ1v) is 6.73. The fraction of sp³-hybridized carbons (Fsp3) is 0.533. The van der Waals surface area contributed by atoms with Gasteiger partial charge in [0.05, 0.1) is 12.0 Å². The molecule has 0 saturated heterocycles. The summed E-state index contributed by atoms with van der Waals surface area (Å²) >= 11 is 0. The van der Waals surface area contributed by atoms with E-state index in [4.69, 9.17) is 9.84 Å². The zero-order chi connectivity index (χ0) is 12.5. The Morgan fingerprint density at radius 1 is 1.17 bits per heavy atom. The van der Waals surface area contributed by atoms with Gasteiger partial charge in [-0.15, -0.1) is 0 Å². The highest BCUT2D eigenvalue weighted by Crippen LogP contribution is 2.47. The second-order valence-electron chi connectivity index (χ2n) is 5.38. The molecule has 3 heteroatoms. The van der Waals surface area contributed by atoms with Gasteiger partial charge in [0.1, 0.15) is 5.75 Å². The SMILES string of the molecule is O=C(O)C1CC1c1ccc(OC2CCCC2)cc1. The summed E-state index contributed by atoms with van der Waals surface area (Å²) in [7, 11) is 0. The van der Waals surface area contributed by atoms with Crippen LogP contribution in [0.5, 0.6) is 5.75 Å². The predicted octanol–water partition coefficient (Wildman–Crippen LogP) is 3.20. The lowest BCUT2D eigenvalue weighted by Gasteiger charge is -2.13. The summed E-state index contributed by atoms with van der Waals surface area (Å²) in [4.78, 5) is 10.8. The van der Waals surface area contributed by atoms with E-state index in [2.05, 4.69) is 0 Å². The molecule has 18 heavy (non-hydrogen) atoms. The summed E-state index contributed by atoms with van der Waals surface area (Å²) in [5.74, 6) is 0.277. The molecule has 0 aromatic heterocycles. The second-order valence-corrected chi connectivity index (χ2v) is 5.38. The molecular weight excluding hydrogens is 228 g/mol. The van der Waals surface area contributed by atoms with Gasteiger partial charge in [0.25, 0.3) is 0 Å². The minimum absolute atomic E-state index is 0.174. The molecule has 96 valence electrons. The Kier molecular flexibility index (Phi) is 2.98. The van der Waals surface area contributed by atoms with Gasteiger partial charge in [-0.1, -0.05) is 12.1 Å². The number of benzene rings is 1. The standard InChI is InChI=1S/C15H18O3/c16-15(17)14-9-13(14)10-5-7-12(8-6-10)18-11-3-1-2-4-11/h5-8,11,13-14H,1-4,9H2,(H,16,17). The largest absolute Gasteiger partial charge is 0.490 e. The number of ether oxygens (including phenoxy) is 1. The van der Waals surface area contributed by atoms with Crippen LogP contribution in [-0.2, 0) is 4.79 Å². The average molecular weight is 246 g/mol. The molecule has 3 nitrogen and oxygen atoms in total. The van der Waals surface area contributed by atoms with Crippen LogP contribution in [0.2, 0.25) is 0 Å². The highest BCUT2D eigenvalue weighted by molar-refractivity contribution is 5.75. The van der Waals surface area contributed by atoms with Crippen LogP contribution in [0.1, 0.15) is 43.6 Å². The van der Waals surface area contributed by atoms with E-state index in [1.54, 1.807) is 0 Å². The van der Waals surface area contributed by atoms with Crippen LogP contribution in [0, 0.1) is 5.92 Å². The van der Waals surface area contributed by atoms with E-state index in [0.29, 0.717) is 6.10 Å². The Bertz CT molecular complexity index is 432. The normalized spacial score (nSPS) is 27.1. The molecule has 2 fully saturated rings. The van der Waals surface area contributed by atoms with E-state index in [0.717, 1.165) is 30.6 Å². The first kappa shape index (κ1) is 11.6. The van der Waals surface area contributed by atoms with Gasteiger partial charge in [0, 0.05) is 0 Å². The van der Waals surface area contributed by atoms with E-state index in [9.17, 15) is 4.79 Å². The van der Waals surface area contributed by atoms with Crippen LogP contribution in [0.4, 0.5) is 0 Å². The number of aliphatic carboxylic acids is 1. The second kappa shape index (κ2) is 4.63. The first-order chi connectivity index (χ1) is 8.74. The van der Waals surface area contributed by atoms with Crippen molar-refractivity contribution in [2.75, 3.05) is 0 Å². The maximum Gasteiger partial charge on any atom is 0.307 e. The Morgan fingerprint density at radius 2 is 1.83 bits per heavy atom. The van der Waals surface area contributed by atoms with Crippen molar-refractivity contribution in [1.82, 2.24) is 0 Å². The van der Waals surface area contributed by atoms with Crippen LogP contribution in [0.25, 0.3) is 0 Å². The van der Waals surface area contributed by atoms with Crippen LogP contribution >= 0.6 is 0 Å². The minimum Gasteiger partial charge on any atom is -0.490 e. The Balaban J connectivity index is 1.61. The third kappa shape index (κ3) is 2.35. The van der Waals surface area contributed by atoms with Crippen LogP contribution in [-0.4, -0.2) is 17.2 Å². The van der Waals surface area contributed by atoms with Gasteiger partial charge in [-0.25, -0.2) is 0 Å². The molecule has 3 rings (SSSR count). The van der Waals surface area contributed by atoms with Crippen molar-refractivity contribution in [2.24, 2.45) is 5.92 Å². The third-order valence-electron chi connectivity index (χ3n) is 4.02. The molecule has 2 saturated carbocycles.